The van der Waals surface area contributed by atoms with Crippen LogP contribution in [0.2, 0.25) is 0 Å². The van der Waals surface area contributed by atoms with E-state index in [9.17, 15) is 8.78 Å². The third-order valence-corrected chi connectivity index (χ3v) is 2.83. The molecule has 7 nitrogen and oxygen atoms in total. The fourth-order valence-electron chi connectivity index (χ4n) is 1.93. The molecule has 24 heavy (non-hydrogen) atoms. The molecule has 0 fully saturated rings. The zero-order valence-corrected chi connectivity index (χ0v) is 13.4. The van der Waals surface area contributed by atoms with Crippen LogP contribution in [0, 0.1) is 13.8 Å². The van der Waals surface area contributed by atoms with Gasteiger partial charge in [0, 0.05) is 11.4 Å². The third-order valence-electron chi connectivity index (χ3n) is 2.83. The van der Waals surface area contributed by atoms with E-state index in [-0.39, 0.29) is 11.5 Å². The summed E-state index contributed by atoms with van der Waals surface area (Å²) in [6, 6.07) is 6.32. The molecule has 0 aliphatic rings. The van der Waals surface area contributed by atoms with Crippen molar-refractivity contribution in [3.63, 3.8) is 0 Å². The molecule has 0 atom stereocenters. The van der Waals surface area contributed by atoms with E-state index in [2.05, 4.69) is 30.8 Å². The van der Waals surface area contributed by atoms with E-state index in [1.165, 1.54) is 25.5 Å². The number of anilines is 1. The normalized spacial score (nSPS) is 10.9. The number of benzene rings is 1. The maximum atomic E-state index is 12.3. The number of hydrogen-bond donors (Lipinski definition) is 2. The standard InChI is InChI=1S/C15H17F2N5O2/c1-9-6-10(2)20-15(19-9)21-22-18-8-11-4-5-12(24-14(16)17)13(7-11)23-3/h4-8,14,22H,1-3H3,(H,19,20,21). The molecule has 0 bridgehead atoms. The monoisotopic (exact) mass is 337 g/mol. The van der Waals surface area contributed by atoms with E-state index in [0.717, 1.165) is 11.4 Å². The number of ether oxygens (including phenoxy) is 2. The van der Waals surface area contributed by atoms with Crippen molar-refractivity contribution in [2.24, 2.45) is 5.10 Å². The first-order valence-corrected chi connectivity index (χ1v) is 6.97. The van der Waals surface area contributed by atoms with Gasteiger partial charge in [0.1, 0.15) is 0 Å². The van der Waals surface area contributed by atoms with Crippen molar-refractivity contribution >= 4 is 12.2 Å². The van der Waals surface area contributed by atoms with Crippen molar-refractivity contribution in [2.75, 3.05) is 12.5 Å². The third kappa shape index (κ3) is 5.04. The highest BCUT2D eigenvalue weighted by atomic mass is 19.3. The summed E-state index contributed by atoms with van der Waals surface area (Å²) in [5.41, 5.74) is 7.62. The highest BCUT2D eigenvalue weighted by Crippen LogP contribution is 2.28. The quantitative estimate of drug-likeness (QED) is 0.597. The van der Waals surface area contributed by atoms with Gasteiger partial charge in [0.05, 0.1) is 13.3 Å². The average Bonchev–Trinajstić information content (AvgIpc) is 2.51. The lowest BCUT2D eigenvalue weighted by molar-refractivity contribution is -0.0512. The van der Waals surface area contributed by atoms with Crippen LogP contribution in [0.15, 0.2) is 29.4 Å². The van der Waals surface area contributed by atoms with Gasteiger partial charge < -0.3 is 9.47 Å². The number of nitrogens with one attached hydrogen (secondary N) is 2. The van der Waals surface area contributed by atoms with Gasteiger partial charge in [-0.25, -0.2) is 15.5 Å². The van der Waals surface area contributed by atoms with Gasteiger partial charge in [-0.3, -0.25) is 5.43 Å². The van der Waals surface area contributed by atoms with Crippen molar-refractivity contribution in [1.82, 2.24) is 15.5 Å². The number of rotatable bonds is 7. The number of hydrazine groups is 1. The molecule has 2 aromatic rings. The predicted octanol–water partition coefficient (Wildman–Crippen LogP) is 2.65. The maximum absolute atomic E-state index is 12.3. The van der Waals surface area contributed by atoms with Crippen molar-refractivity contribution in [2.45, 2.75) is 20.5 Å². The first kappa shape index (κ1) is 17.4. The molecule has 1 heterocycles. The van der Waals surface area contributed by atoms with Gasteiger partial charge in [-0.1, -0.05) is 0 Å². The summed E-state index contributed by atoms with van der Waals surface area (Å²) in [6.45, 7) is 0.804. The van der Waals surface area contributed by atoms with E-state index in [1.807, 2.05) is 19.9 Å². The lowest BCUT2D eigenvalue weighted by atomic mass is 10.2. The van der Waals surface area contributed by atoms with E-state index < -0.39 is 6.61 Å². The Hall–Kier alpha value is -2.97. The van der Waals surface area contributed by atoms with Crippen LogP contribution in [0.3, 0.4) is 0 Å². The first-order valence-electron chi connectivity index (χ1n) is 6.97. The van der Waals surface area contributed by atoms with Crippen molar-refractivity contribution in [3.8, 4) is 11.5 Å². The fraction of sp³-hybridized carbons (Fsp3) is 0.267. The average molecular weight is 337 g/mol. The Bertz CT molecular complexity index is 705. The summed E-state index contributed by atoms with van der Waals surface area (Å²) in [5.74, 6) is 0.534. The van der Waals surface area contributed by atoms with Crippen LogP contribution in [-0.2, 0) is 0 Å². The number of methoxy groups -OCH3 is 1. The van der Waals surface area contributed by atoms with Crippen LogP contribution in [0.4, 0.5) is 14.7 Å². The van der Waals surface area contributed by atoms with E-state index in [0.29, 0.717) is 11.5 Å². The molecule has 1 aromatic heterocycles. The Labute approximate surface area is 137 Å². The number of nitrogens with zero attached hydrogens (tertiary/aromatic N) is 3. The van der Waals surface area contributed by atoms with Gasteiger partial charge in [0.25, 0.3) is 0 Å². The molecule has 9 heteroatoms. The number of hydrazone groups is 1. The summed E-state index contributed by atoms with van der Waals surface area (Å²) in [6.07, 6.45) is 1.48. The van der Waals surface area contributed by atoms with Crippen LogP contribution in [0.1, 0.15) is 17.0 Å². The number of hydrogen-bond acceptors (Lipinski definition) is 7. The second-order valence-electron chi connectivity index (χ2n) is 4.76. The number of halogens is 2. The molecule has 0 unspecified atom stereocenters. The topological polar surface area (TPSA) is 80.7 Å². The minimum absolute atomic E-state index is 0.0422. The molecule has 0 spiro atoms. The molecule has 1 aromatic carbocycles. The Balaban J connectivity index is 1.98. The van der Waals surface area contributed by atoms with Gasteiger partial charge in [-0.2, -0.15) is 13.9 Å². The fourth-order valence-corrected chi connectivity index (χ4v) is 1.93. The Morgan fingerprint density at radius 1 is 1.12 bits per heavy atom. The van der Waals surface area contributed by atoms with Gasteiger partial charge >= 0.3 is 6.61 Å². The molecule has 0 aliphatic heterocycles. The van der Waals surface area contributed by atoms with Crippen LogP contribution < -0.4 is 20.4 Å². The minimum Gasteiger partial charge on any atom is -0.493 e. The predicted molar refractivity (Wildman–Crippen MR) is 85.5 cm³/mol. The molecule has 0 saturated heterocycles. The van der Waals surface area contributed by atoms with Crippen LogP contribution in [-0.4, -0.2) is 29.9 Å². The Kier molecular flexibility index (Phi) is 5.83. The highest BCUT2D eigenvalue weighted by Gasteiger charge is 2.10. The molecule has 2 N–H and O–H groups in total. The Morgan fingerprint density at radius 3 is 2.46 bits per heavy atom. The summed E-state index contributed by atoms with van der Waals surface area (Å²) < 4.78 is 33.9. The van der Waals surface area contributed by atoms with Gasteiger partial charge in [0.15, 0.2) is 11.5 Å². The first-order chi connectivity index (χ1) is 11.5. The van der Waals surface area contributed by atoms with Crippen LogP contribution in [0.25, 0.3) is 0 Å². The lowest BCUT2D eigenvalue weighted by Gasteiger charge is -2.10. The zero-order valence-electron chi connectivity index (χ0n) is 13.4. The number of aromatic nitrogens is 2. The molecule has 2 rings (SSSR count). The molecule has 0 saturated carbocycles. The molecule has 0 radical (unpaired) electrons. The zero-order chi connectivity index (χ0) is 17.5. The highest BCUT2D eigenvalue weighted by molar-refractivity contribution is 5.80. The number of alkyl halides is 2. The van der Waals surface area contributed by atoms with Gasteiger partial charge in [-0.15, -0.1) is 0 Å². The van der Waals surface area contributed by atoms with Crippen LogP contribution in [0.5, 0.6) is 11.5 Å². The molecular weight excluding hydrogens is 320 g/mol. The van der Waals surface area contributed by atoms with Crippen molar-refractivity contribution in [3.05, 3.63) is 41.2 Å². The maximum Gasteiger partial charge on any atom is 0.387 e. The van der Waals surface area contributed by atoms with Crippen molar-refractivity contribution in [1.29, 1.82) is 0 Å². The van der Waals surface area contributed by atoms with E-state index in [1.54, 1.807) is 6.07 Å². The van der Waals surface area contributed by atoms with Gasteiger partial charge in [0.2, 0.25) is 5.95 Å². The summed E-state index contributed by atoms with van der Waals surface area (Å²) in [4.78, 5) is 8.36. The molecule has 0 amide bonds. The SMILES string of the molecule is COc1cc(C=NNNc2nc(C)cc(C)n2)ccc1OC(F)F. The minimum atomic E-state index is -2.91. The summed E-state index contributed by atoms with van der Waals surface area (Å²) >= 11 is 0. The summed E-state index contributed by atoms with van der Waals surface area (Å²) in [7, 11) is 1.37. The van der Waals surface area contributed by atoms with Crippen LogP contribution >= 0.6 is 0 Å². The van der Waals surface area contributed by atoms with E-state index in [4.69, 9.17) is 4.74 Å². The number of aryl methyl sites for hydroxylation is 2. The van der Waals surface area contributed by atoms with Crippen molar-refractivity contribution < 1.29 is 18.3 Å². The second kappa shape index (κ2) is 8.04. The molecular formula is C15H17F2N5O2. The second-order valence-corrected chi connectivity index (χ2v) is 4.76. The van der Waals surface area contributed by atoms with E-state index >= 15 is 0 Å². The van der Waals surface area contributed by atoms with Gasteiger partial charge in [-0.05, 0) is 43.7 Å². The lowest BCUT2D eigenvalue weighted by Crippen LogP contribution is -2.17. The summed E-state index contributed by atoms with van der Waals surface area (Å²) in [5, 5.41) is 3.95. The smallest absolute Gasteiger partial charge is 0.387 e. The Morgan fingerprint density at radius 2 is 1.83 bits per heavy atom. The molecule has 0 aliphatic carbocycles. The largest absolute Gasteiger partial charge is 0.493 e. The molecule has 128 valence electrons.